The number of nitrogens with one attached hydrogen (secondary N) is 1. The Kier molecular flexibility index (Phi) is 6.54. The van der Waals surface area contributed by atoms with Gasteiger partial charge in [-0.1, -0.05) is 30.3 Å². The summed E-state index contributed by atoms with van der Waals surface area (Å²) < 4.78 is 16.2. The van der Waals surface area contributed by atoms with Crippen LogP contribution in [-0.2, 0) is 13.1 Å². The van der Waals surface area contributed by atoms with Crippen LogP contribution < -0.4 is 5.32 Å². The van der Waals surface area contributed by atoms with E-state index in [1.165, 1.54) is 6.07 Å². The molecule has 0 spiro atoms. The number of thiocarbonyl (C=S) groups is 1. The molecule has 1 N–H and O–H groups in total. The minimum Gasteiger partial charge on any atom is -0.345 e. The summed E-state index contributed by atoms with van der Waals surface area (Å²) in [7, 11) is 0. The van der Waals surface area contributed by atoms with E-state index < -0.39 is 0 Å². The van der Waals surface area contributed by atoms with Crippen molar-refractivity contribution in [1.82, 2.24) is 14.5 Å². The Morgan fingerprint density at radius 2 is 2.07 bits per heavy atom. The van der Waals surface area contributed by atoms with Crippen LogP contribution in [0.1, 0.15) is 17.5 Å². The normalized spacial score (nSPS) is 10.6. The van der Waals surface area contributed by atoms with Crippen molar-refractivity contribution in [3.05, 3.63) is 84.2 Å². The molecule has 0 aliphatic heterocycles. The lowest BCUT2D eigenvalue weighted by Crippen LogP contribution is -2.35. The van der Waals surface area contributed by atoms with Gasteiger partial charge in [0.25, 0.3) is 0 Å². The number of halogens is 1. The second-order valence-electron chi connectivity index (χ2n) is 6.47. The molecule has 2 aromatic carbocycles. The van der Waals surface area contributed by atoms with Crippen LogP contribution in [0.3, 0.4) is 0 Å². The Balaban J connectivity index is 1.69. The summed E-state index contributed by atoms with van der Waals surface area (Å²) in [6, 6.07) is 14.9. The molecule has 0 amide bonds. The highest BCUT2D eigenvalue weighted by Gasteiger charge is 2.13. The number of imidazole rings is 1. The second-order valence-corrected chi connectivity index (χ2v) is 6.85. The van der Waals surface area contributed by atoms with E-state index in [0.717, 1.165) is 24.2 Å². The van der Waals surface area contributed by atoms with Gasteiger partial charge in [-0.2, -0.15) is 0 Å². The Hall–Kier alpha value is -2.73. The Morgan fingerprint density at radius 1 is 1.22 bits per heavy atom. The smallest absolute Gasteiger partial charge is 0.173 e. The first-order valence-corrected chi connectivity index (χ1v) is 9.34. The van der Waals surface area contributed by atoms with Crippen molar-refractivity contribution < 1.29 is 4.39 Å². The van der Waals surface area contributed by atoms with Gasteiger partial charge in [-0.3, -0.25) is 0 Å². The molecule has 0 aliphatic carbocycles. The van der Waals surface area contributed by atoms with Crippen LogP contribution in [0.4, 0.5) is 10.1 Å². The van der Waals surface area contributed by atoms with Crippen LogP contribution >= 0.6 is 12.2 Å². The molecule has 3 rings (SSSR count). The predicted molar refractivity (Wildman–Crippen MR) is 111 cm³/mol. The molecular formula is C21H23FN4S. The molecule has 0 atom stereocenters. The number of nitrogens with zero attached hydrogens (tertiary/aromatic N) is 3. The lowest BCUT2D eigenvalue weighted by Gasteiger charge is -2.26. The first-order valence-electron chi connectivity index (χ1n) is 8.93. The number of aromatic nitrogens is 2. The van der Waals surface area contributed by atoms with Gasteiger partial charge in [-0.25, -0.2) is 9.37 Å². The van der Waals surface area contributed by atoms with Crippen molar-refractivity contribution >= 4 is 23.0 Å². The topological polar surface area (TPSA) is 33.1 Å². The van der Waals surface area contributed by atoms with Gasteiger partial charge in [0.05, 0.1) is 6.33 Å². The van der Waals surface area contributed by atoms with Crippen LogP contribution in [0, 0.1) is 12.7 Å². The number of anilines is 1. The molecule has 0 bridgehead atoms. The number of rotatable bonds is 7. The zero-order valence-corrected chi connectivity index (χ0v) is 16.1. The number of aryl methyl sites for hydroxylation is 2. The molecule has 6 heteroatoms. The van der Waals surface area contributed by atoms with Crippen LogP contribution in [0.25, 0.3) is 0 Å². The Morgan fingerprint density at radius 3 is 2.81 bits per heavy atom. The first-order chi connectivity index (χ1) is 13.1. The molecule has 0 radical (unpaired) electrons. The molecule has 3 aromatic rings. The molecule has 140 valence electrons. The van der Waals surface area contributed by atoms with E-state index in [9.17, 15) is 4.39 Å². The van der Waals surface area contributed by atoms with E-state index in [-0.39, 0.29) is 5.82 Å². The van der Waals surface area contributed by atoms with Crippen LogP contribution in [0.2, 0.25) is 0 Å². The summed E-state index contributed by atoms with van der Waals surface area (Å²) in [5.41, 5.74) is 2.73. The third-order valence-corrected chi connectivity index (χ3v) is 4.64. The van der Waals surface area contributed by atoms with Crippen molar-refractivity contribution in [2.75, 3.05) is 11.9 Å². The maximum atomic E-state index is 14.1. The molecule has 0 saturated heterocycles. The Bertz CT molecular complexity index is 879. The van der Waals surface area contributed by atoms with Gasteiger partial charge in [0, 0.05) is 43.3 Å². The zero-order valence-electron chi connectivity index (χ0n) is 15.3. The van der Waals surface area contributed by atoms with Crippen molar-refractivity contribution in [3.8, 4) is 0 Å². The minimum absolute atomic E-state index is 0.213. The number of hydrogen-bond acceptors (Lipinski definition) is 2. The predicted octanol–water partition coefficient (Wildman–Crippen LogP) is 4.62. The molecule has 27 heavy (non-hydrogen) atoms. The van der Waals surface area contributed by atoms with E-state index >= 15 is 0 Å². The fourth-order valence-corrected chi connectivity index (χ4v) is 3.15. The fraction of sp³-hybridized carbons (Fsp3) is 0.238. The molecule has 1 aromatic heterocycles. The van der Waals surface area contributed by atoms with Crippen LogP contribution in [-0.4, -0.2) is 26.1 Å². The zero-order chi connectivity index (χ0) is 19.1. The van der Waals surface area contributed by atoms with Crippen LogP contribution in [0.5, 0.6) is 0 Å². The third-order valence-electron chi connectivity index (χ3n) is 4.28. The highest BCUT2D eigenvalue weighted by Crippen LogP contribution is 2.14. The highest BCUT2D eigenvalue weighted by atomic mass is 32.1. The van der Waals surface area contributed by atoms with Gasteiger partial charge in [-0.15, -0.1) is 0 Å². The summed E-state index contributed by atoms with van der Waals surface area (Å²) >= 11 is 5.63. The maximum Gasteiger partial charge on any atom is 0.173 e. The average molecular weight is 383 g/mol. The largest absolute Gasteiger partial charge is 0.345 e. The quantitative estimate of drug-likeness (QED) is 0.605. The summed E-state index contributed by atoms with van der Waals surface area (Å²) in [6.07, 6.45) is 6.37. The molecular weight excluding hydrogens is 359 g/mol. The third kappa shape index (κ3) is 5.62. The summed E-state index contributed by atoms with van der Waals surface area (Å²) in [6.45, 7) is 4.01. The molecule has 4 nitrogen and oxygen atoms in total. The van der Waals surface area contributed by atoms with E-state index in [1.54, 1.807) is 24.7 Å². The van der Waals surface area contributed by atoms with Gasteiger partial charge < -0.3 is 14.8 Å². The highest BCUT2D eigenvalue weighted by molar-refractivity contribution is 7.80. The van der Waals surface area contributed by atoms with E-state index in [0.29, 0.717) is 23.8 Å². The Labute approximate surface area is 164 Å². The van der Waals surface area contributed by atoms with Gasteiger partial charge in [0.15, 0.2) is 5.11 Å². The number of hydrogen-bond donors (Lipinski definition) is 1. The lowest BCUT2D eigenvalue weighted by molar-refractivity contribution is 0.388. The lowest BCUT2D eigenvalue weighted by atomic mass is 10.2. The first kappa shape index (κ1) is 19.0. The fourth-order valence-electron chi connectivity index (χ4n) is 2.87. The standard InChI is InChI=1S/C21H23FN4S/c1-17-6-4-8-19(14-17)24-21(27)26(12-5-11-25-13-10-23-16-25)15-18-7-2-3-9-20(18)22/h2-4,6-10,13-14,16H,5,11-12,15H2,1H3,(H,24,27). The molecule has 1 heterocycles. The molecule has 0 unspecified atom stereocenters. The van der Waals surface area contributed by atoms with E-state index in [1.807, 2.05) is 52.9 Å². The summed E-state index contributed by atoms with van der Waals surface area (Å²) in [5.74, 6) is -0.213. The average Bonchev–Trinajstić information content (AvgIpc) is 3.16. The molecule has 0 saturated carbocycles. The van der Waals surface area contributed by atoms with Gasteiger partial charge in [0.1, 0.15) is 5.82 Å². The maximum absolute atomic E-state index is 14.1. The molecule has 0 aliphatic rings. The van der Waals surface area contributed by atoms with Gasteiger partial charge >= 0.3 is 0 Å². The van der Waals surface area contributed by atoms with Gasteiger partial charge in [-0.05, 0) is 49.3 Å². The summed E-state index contributed by atoms with van der Waals surface area (Å²) in [5, 5.41) is 3.87. The van der Waals surface area contributed by atoms with Crippen molar-refractivity contribution in [2.24, 2.45) is 0 Å². The van der Waals surface area contributed by atoms with Crippen molar-refractivity contribution in [2.45, 2.75) is 26.4 Å². The van der Waals surface area contributed by atoms with Crippen molar-refractivity contribution in [3.63, 3.8) is 0 Å². The number of benzene rings is 2. The minimum atomic E-state index is -0.213. The van der Waals surface area contributed by atoms with E-state index in [2.05, 4.69) is 10.3 Å². The SMILES string of the molecule is Cc1cccc(NC(=S)N(CCCn2ccnc2)Cc2ccccc2F)c1. The van der Waals surface area contributed by atoms with Crippen molar-refractivity contribution in [1.29, 1.82) is 0 Å². The monoisotopic (exact) mass is 382 g/mol. The second kappa shape index (κ2) is 9.28. The van der Waals surface area contributed by atoms with Gasteiger partial charge in [0.2, 0.25) is 0 Å². The summed E-state index contributed by atoms with van der Waals surface area (Å²) in [4.78, 5) is 6.07. The van der Waals surface area contributed by atoms with Crippen LogP contribution in [0.15, 0.2) is 67.3 Å². The molecule has 0 fully saturated rings. The van der Waals surface area contributed by atoms with E-state index in [4.69, 9.17) is 12.2 Å².